The van der Waals surface area contributed by atoms with Crippen LogP contribution in [0.4, 0.5) is 4.79 Å². The number of cyclic esters (lactones) is 1. The van der Waals surface area contributed by atoms with Crippen LogP contribution in [0.1, 0.15) is 5.56 Å². The van der Waals surface area contributed by atoms with Crippen LogP contribution < -0.4 is 15.8 Å². The third-order valence-electron chi connectivity index (χ3n) is 2.33. The molecule has 17 heavy (non-hydrogen) atoms. The Balaban J connectivity index is 1.92. The molecule has 1 saturated heterocycles. The summed E-state index contributed by atoms with van der Waals surface area (Å²) in [7, 11) is 0. The lowest BCUT2D eigenvalue weighted by molar-refractivity contribution is 0.105. The van der Waals surface area contributed by atoms with Crippen LogP contribution in [0.5, 0.6) is 5.75 Å². The van der Waals surface area contributed by atoms with Gasteiger partial charge in [-0.2, -0.15) is 0 Å². The van der Waals surface area contributed by atoms with Crippen LogP contribution in [-0.4, -0.2) is 31.2 Å². The number of alkyl carbamates (subject to hydrolysis) is 1. The van der Waals surface area contributed by atoms with Crippen LogP contribution in [0.2, 0.25) is 0 Å². The van der Waals surface area contributed by atoms with Crippen molar-refractivity contribution in [3.8, 4) is 5.75 Å². The molecule has 6 nitrogen and oxygen atoms in total. The molecule has 1 heterocycles. The lowest BCUT2D eigenvalue weighted by Crippen LogP contribution is -2.22. The predicted molar refractivity (Wildman–Crippen MR) is 61.2 cm³/mol. The Morgan fingerprint density at radius 3 is 3.12 bits per heavy atom. The van der Waals surface area contributed by atoms with Crippen molar-refractivity contribution in [2.75, 3.05) is 13.2 Å². The molecule has 4 N–H and O–H groups in total. The molecule has 0 spiro atoms. The number of amidine groups is 1. The van der Waals surface area contributed by atoms with E-state index in [-0.39, 0.29) is 18.5 Å². The molecule has 1 aromatic rings. The van der Waals surface area contributed by atoms with E-state index >= 15 is 0 Å². The van der Waals surface area contributed by atoms with Gasteiger partial charge in [-0.25, -0.2) is 4.79 Å². The van der Waals surface area contributed by atoms with Gasteiger partial charge in [0, 0.05) is 5.56 Å². The van der Waals surface area contributed by atoms with E-state index in [1.165, 1.54) is 0 Å². The molecule has 0 radical (unpaired) electrons. The van der Waals surface area contributed by atoms with Gasteiger partial charge in [-0.05, 0) is 12.1 Å². The van der Waals surface area contributed by atoms with Crippen LogP contribution in [0.25, 0.3) is 0 Å². The molecule has 1 unspecified atom stereocenters. The van der Waals surface area contributed by atoms with Gasteiger partial charge in [0.25, 0.3) is 0 Å². The smallest absolute Gasteiger partial charge is 0.407 e. The van der Waals surface area contributed by atoms with E-state index in [9.17, 15) is 4.79 Å². The van der Waals surface area contributed by atoms with Crippen molar-refractivity contribution >= 4 is 11.9 Å². The minimum atomic E-state index is -0.420. The summed E-state index contributed by atoms with van der Waals surface area (Å²) in [5.41, 5.74) is 5.97. The average Bonchev–Trinajstić information content (AvgIpc) is 2.73. The van der Waals surface area contributed by atoms with Gasteiger partial charge in [0.15, 0.2) is 6.10 Å². The molecule has 1 fully saturated rings. The molecule has 1 aliphatic rings. The molecule has 1 aromatic carbocycles. The number of benzene rings is 1. The molecule has 0 aromatic heterocycles. The Morgan fingerprint density at radius 1 is 1.65 bits per heavy atom. The molecule has 6 heteroatoms. The minimum Gasteiger partial charge on any atom is -0.490 e. The van der Waals surface area contributed by atoms with Gasteiger partial charge in [0.2, 0.25) is 0 Å². The topological polar surface area (TPSA) is 97.4 Å². The third kappa shape index (κ3) is 2.87. The highest BCUT2D eigenvalue weighted by Crippen LogP contribution is 2.14. The van der Waals surface area contributed by atoms with Crippen molar-refractivity contribution in [1.82, 2.24) is 5.32 Å². The van der Waals surface area contributed by atoms with Crippen molar-refractivity contribution in [3.63, 3.8) is 0 Å². The van der Waals surface area contributed by atoms with E-state index in [0.717, 1.165) is 0 Å². The van der Waals surface area contributed by atoms with Gasteiger partial charge >= 0.3 is 6.09 Å². The number of nitrogen functional groups attached to an aromatic ring is 1. The number of carbonyl (C=O) groups excluding carboxylic acids is 1. The molecule has 0 aliphatic carbocycles. The molecule has 2 rings (SSSR count). The number of ether oxygens (including phenoxy) is 2. The van der Waals surface area contributed by atoms with Crippen molar-refractivity contribution < 1.29 is 14.3 Å². The zero-order chi connectivity index (χ0) is 12.3. The standard InChI is InChI=1S/C11H13N3O3/c12-10(13)7-2-1-3-8(4-7)16-6-9-5-14-11(15)17-9/h1-4,9H,5-6H2,(H3,12,13)(H,14,15). The summed E-state index contributed by atoms with van der Waals surface area (Å²) >= 11 is 0. The minimum absolute atomic E-state index is 0.00980. The number of carbonyl (C=O) groups is 1. The van der Waals surface area contributed by atoms with Gasteiger partial charge in [0.05, 0.1) is 6.54 Å². The number of hydrogen-bond acceptors (Lipinski definition) is 4. The fourth-order valence-electron chi connectivity index (χ4n) is 1.47. The maximum absolute atomic E-state index is 10.8. The summed E-state index contributed by atoms with van der Waals surface area (Å²) < 4.78 is 10.4. The second-order valence-corrected chi connectivity index (χ2v) is 3.66. The second kappa shape index (κ2) is 4.73. The van der Waals surface area contributed by atoms with E-state index in [2.05, 4.69) is 5.32 Å². The van der Waals surface area contributed by atoms with Crippen molar-refractivity contribution in [3.05, 3.63) is 29.8 Å². The SMILES string of the molecule is N=C(N)c1cccc(OCC2CNC(=O)O2)c1. The normalized spacial score (nSPS) is 18.4. The summed E-state index contributed by atoms with van der Waals surface area (Å²) in [6.07, 6.45) is -0.695. The second-order valence-electron chi connectivity index (χ2n) is 3.66. The lowest BCUT2D eigenvalue weighted by Gasteiger charge is -2.10. The average molecular weight is 235 g/mol. The number of nitrogens with two attached hydrogens (primary N) is 1. The van der Waals surface area contributed by atoms with Crippen LogP contribution >= 0.6 is 0 Å². The highest BCUT2D eigenvalue weighted by atomic mass is 16.6. The molecular formula is C11H13N3O3. The first kappa shape index (κ1) is 11.3. The highest BCUT2D eigenvalue weighted by molar-refractivity contribution is 5.95. The molecule has 1 amide bonds. The molecule has 0 saturated carbocycles. The summed E-state index contributed by atoms with van der Waals surface area (Å²) in [5, 5.41) is 9.84. The fraction of sp³-hybridized carbons (Fsp3) is 0.273. The highest BCUT2D eigenvalue weighted by Gasteiger charge is 2.22. The molecule has 1 aliphatic heterocycles. The molecule has 90 valence electrons. The maximum atomic E-state index is 10.8. The zero-order valence-electron chi connectivity index (χ0n) is 9.10. The summed E-state index contributed by atoms with van der Waals surface area (Å²) in [5.74, 6) is 0.588. The Hall–Kier alpha value is -2.24. The van der Waals surface area contributed by atoms with Crippen LogP contribution in [0.3, 0.4) is 0 Å². The molecule has 1 atom stereocenters. The van der Waals surface area contributed by atoms with Gasteiger partial charge in [-0.1, -0.05) is 12.1 Å². The van der Waals surface area contributed by atoms with Gasteiger partial charge in [-0.15, -0.1) is 0 Å². The largest absolute Gasteiger partial charge is 0.490 e. The first-order valence-electron chi connectivity index (χ1n) is 5.17. The van der Waals surface area contributed by atoms with Gasteiger partial charge in [0.1, 0.15) is 18.2 Å². The van der Waals surface area contributed by atoms with Crippen molar-refractivity contribution in [2.24, 2.45) is 5.73 Å². The first-order valence-corrected chi connectivity index (χ1v) is 5.17. The van der Waals surface area contributed by atoms with Crippen molar-refractivity contribution in [1.29, 1.82) is 5.41 Å². The monoisotopic (exact) mass is 235 g/mol. The van der Waals surface area contributed by atoms with Gasteiger partial charge < -0.3 is 20.5 Å². The third-order valence-corrected chi connectivity index (χ3v) is 2.33. The molecule has 0 bridgehead atoms. The quantitative estimate of drug-likeness (QED) is 0.521. The lowest BCUT2D eigenvalue weighted by atomic mass is 10.2. The van der Waals surface area contributed by atoms with E-state index in [1.54, 1.807) is 24.3 Å². The zero-order valence-corrected chi connectivity index (χ0v) is 9.10. The Bertz CT molecular complexity index is 447. The number of rotatable bonds is 4. The van der Waals surface area contributed by atoms with E-state index in [0.29, 0.717) is 17.9 Å². The van der Waals surface area contributed by atoms with E-state index < -0.39 is 6.09 Å². The predicted octanol–water partition coefficient (Wildman–Crippen LogP) is 0.458. The Labute approximate surface area is 98.2 Å². The summed E-state index contributed by atoms with van der Waals surface area (Å²) in [6, 6.07) is 6.92. The maximum Gasteiger partial charge on any atom is 0.407 e. The Morgan fingerprint density at radius 2 is 2.47 bits per heavy atom. The van der Waals surface area contributed by atoms with Crippen LogP contribution in [0, 0.1) is 5.41 Å². The van der Waals surface area contributed by atoms with Crippen molar-refractivity contribution in [2.45, 2.75) is 6.10 Å². The fourth-order valence-corrected chi connectivity index (χ4v) is 1.47. The van der Waals surface area contributed by atoms with E-state index in [4.69, 9.17) is 20.6 Å². The first-order chi connectivity index (χ1) is 8.15. The van der Waals surface area contributed by atoms with Crippen LogP contribution in [-0.2, 0) is 4.74 Å². The number of hydrogen-bond donors (Lipinski definition) is 3. The number of nitrogens with one attached hydrogen (secondary N) is 2. The van der Waals surface area contributed by atoms with Crippen LogP contribution in [0.15, 0.2) is 24.3 Å². The summed E-state index contributed by atoms with van der Waals surface area (Å²) in [6.45, 7) is 0.728. The van der Waals surface area contributed by atoms with Gasteiger partial charge in [-0.3, -0.25) is 5.41 Å². The molecular weight excluding hydrogens is 222 g/mol. The Kier molecular flexibility index (Phi) is 3.13. The summed E-state index contributed by atoms with van der Waals surface area (Å²) in [4.78, 5) is 10.8. The van der Waals surface area contributed by atoms with E-state index in [1.807, 2.05) is 0 Å². The number of amides is 1.